The minimum atomic E-state index is 0.135. The molecule has 7 aromatic carbocycles. The third kappa shape index (κ3) is 3.96. The van der Waals surface area contributed by atoms with Crippen molar-refractivity contribution in [3.05, 3.63) is 163 Å². The summed E-state index contributed by atoms with van der Waals surface area (Å²) in [6.07, 6.45) is 6.40. The summed E-state index contributed by atoms with van der Waals surface area (Å²) >= 11 is 0. The molecule has 11 rings (SSSR count). The van der Waals surface area contributed by atoms with Crippen molar-refractivity contribution in [2.24, 2.45) is 0 Å². The summed E-state index contributed by atoms with van der Waals surface area (Å²) in [6.45, 7) is 0. The molecule has 0 aliphatic heterocycles. The average molecular weight is 642 g/mol. The van der Waals surface area contributed by atoms with Crippen LogP contribution in [0.3, 0.4) is 0 Å². The molecule has 2 aliphatic carbocycles. The SMILES string of the molecule is c1ccc(-c2cccc(-n3c4ccccc4c4ccc(-c5ccc6c(c5)oc5cc7c(cc56)C5(CCCCC5)c5ccccc5-7)cc43)c2)cc1. The fourth-order valence-electron chi connectivity index (χ4n) is 9.48. The molecule has 0 radical (unpaired) electrons. The molecule has 0 N–H and O–H groups in total. The van der Waals surface area contributed by atoms with Crippen LogP contribution in [0.4, 0.5) is 0 Å². The van der Waals surface area contributed by atoms with Crippen molar-refractivity contribution in [2.75, 3.05) is 0 Å². The van der Waals surface area contributed by atoms with Gasteiger partial charge in [0.25, 0.3) is 0 Å². The lowest BCUT2D eigenvalue weighted by molar-refractivity contribution is 0.353. The Morgan fingerprint density at radius 2 is 1.12 bits per heavy atom. The zero-order valence-corrected chi connectivity index (χ0v) is 27.8. The normalized spacial score (nSPS) is 15.0. The highest BCUT2D eigenvalue weighted by Gasteiger charge is 2.44. The second-order valence-corrected chi connectivity index (χ2v) is 14.4. The maximum Gasteiger partial charge on any atom is 0.136 e. The highest BCUT2D eigenvalue weighted by molar-refractivity contribution is 6.11. The molecule has 9 aromatic rings. The van der Waals surface area contributed by atoms with Gasteiger partial charge in [0.05, 0.1) is 11.0 Å². The molecule has 0 bridgehead atoms. The number of benzene rings is 7. The van der Waals surface area contributed by atoms with E-state index in [-0.39, 0.29) is 5.41 Å². The van der Waals surface area contributed by atoms with Gasteiger partial charge in [0, 0.05) is 32.6 Å². The first-order chi connectivity index (χ1) is 24.7. The summed E-state index contributed by atoms with van der Waals surface area (Å²) in [4.78, 5) is 0. The van der Waals surface area contributed by atoms with Crippen LogP contribution in [0.2, 0.25) is 0 Å². The highest BCUT2D eigenvalue weighted by Crippen LogP contribution is 2.57. The van der Waals surface area contributed by atoms with Gasteiger partial charge in [-0.05, 0) is 106 Å². The van der Waals surface area contributed by atoms with E-state index in [0.29, 0.717) is 0 Å². The highest BCUT2D eigenvalue weighted by atomic mass is 16.3. The number of para-hydroxylation sites is 1. The third-order valence-electron chi connectivity index (χ3n) is 11.8. The molecular weight excluding hydrogens is 607 g/mol. The van der Waals surface area contributed by atoms with Gasteiger partial charge >= 0.3 is 0 Å². The van der Waals surface area contributed by atoms with Crippen molar-refractivity contribution in [1.82, 2.24) is 4.57 Å². The Bertz CT molecular complexity index is 2790. The van der Waals surface area contributed by atoms with E-state index in [4.69, 9.17) is 4.42 Å². The number of hydrogen-bond donors (Lipinski definition) is 0. The lowest BCUT2D eigenvalue weighted by Gasteiger charge is -2.35. The molecule has 238 valence electrons. The predicted octanol–water partition coefficient (Wildman–Crippen LogP) is 13.2. The van der Waals surface area contributed by atoms with Crippen LogP contribution in [0.25, 0.3) is 82.8 Å². The smallest absolute Gasteiger partial charge is 0.136 e. The first-order valence-electron chi connectivity index (χ1n) is 18.1. The van der Waals surface area contributed by atoms with Gasteiger partial charge in [-0.1, -0.05) is 122 Å². The standard InChI is InChI=1S/C48H35NO/c1-3-12-31(13-4-1)32-14-11-15-35(26-32)49-44-19-8-6-17-37(44)38-22-20-33(27-45(38)49)34-21-23-39-41-29-43-40(30-47(41)50-46(39)28-34)36-16-5-7-18-42(36)48(43)24-9-2-10-25-48/h1,3-8,11-23,26-30H,2,9-10,24-25H2. The summed E-state index contributed by atoms with van der Waals surface area (Å²) in [5, 5.41) is 4.95. The van der Waals surface area contributed by atoms with Gasteiger partial charge in [0.1, 0.15) is 11.2 Å². The Morgan fingerprint density at radius 3 is 2.02 bits per heavy atom. The second-order valence-electron chi connectivity index (χ2n) is 14.4. The largest absolute Gasteiger partial charge is 0.456 e. The zero-order valence-electron chi connectivity index (χ0n) is 27.8. The number of fused-ring (bicyclic) bond motifs is 11. The number of furan rings is 1. The summed E-state index contributed by atoms with van der Waals surface area (Å²) in [5.74, 6) is 0. The van der Waals surface area contributed by atoms with Gasteiger partial charge in [-0.25, -0.2) is 0 Å². The first kappa shape index (κ1) is 28.0. The third-order valence-corrected chi connectivity index (χ3v) is 11.8. The average Bonchev–Trinajstić information content (AvgIpc) is 3.80. The van der Waals surface area contributed by atoms with Crippen LogP contribution in [0.15, 0.2) is 156 Å². The molecule has 2 heteroatoms. The number of rotatable bonds is 3. The van der Waals surface area contributed by atoms with Crippen LogP contribution in [0, 0.1) is 0 Å². The van der Waals surface area contributed by atoms with Crippen LogP contribution < -0.4 is 0 Å². The van der Waals surface area contributed by atoms with Crippen molar-refractivity contribution in [1.29, 1.82) is 0 Å². The Hall–Kier alpha value is -5.86. The lowest BCUT2D eigenvalue weighted by atomic mass is 9.68. The van der Waals surface area contributed by atoms with Crippen LogP contribution in [-0.4, -0.2) is 4.57 Å². The maximum absolute atomic E-state index is 6.71. The number of nitrogens with zero attached hydrogens (tertiary/aromatic N) is 1. The lowest BCUT2D eigenvalue weighted by Crippen LogP contribution is -2.27. The molecule has 2 heterocycles. The van der Waals surface area contributed by atoms with Crippen LogP contribution in [-0.2, 0) is 5.41 Å². The molecule has 50 heavy (non-hydrogen) atoms. The fraction of sp³-hybridized carbons (Fsp3) is 0.125. The van der Waals surface area contributed by atoms with Gasteiger partial charge in [-0.2, -0.15) is 0 Å². The minimum absolute atomic E-state index is 0.135. The van der Waals surface area contributed by atoms with Gasteiger partial charge < -0.3 is 8.98 Å². The molecule has 1 fully saturated rings. The van der Waals surface area contributed by atoms with Gasteiger partial charge in [0.15, 0.2) is 0 Å². The second kappa shape index (κ2) is 10.6. The van der Waals surface area contributed by atoms with Crippen molar-refractivity contribution < 1.29 is 4.42 Å². The van der Waals surface area contributed by atoms with E-state index >= 15 is 0 Å². The predicted molar refractivity (Wildman–Crippen MR) is 208 cm³/mol. The molecule has 2 nitrogen and oxygen atoms in total. The van der Waals surface area contributed by atoms with Gasteiger partial charge in [-0.15, -0.1) is 0 Å². The van der Waals surface area contributed by atoms with E-state index in [0.717, 1.165) is 22.4 Å². The number of aromatic nitrogens is 1. The maximum atomic E-state index is 6.71. The molecule has 1 spiro atoms. The van der Waals surface area contributed by atoms with E-state index < -0.39 is 0 Å². The molecule has 0 atom stereocenters. The summed E-state index contributed by atoms with van der Waals surface area (Å²) in [6, 6.07) is 55.9. The molecule has 2 aliphatic rings. The quantitative estimate of drug-likeness (QED) is 0.188. The van der Waals surface area contributed by atoms with E-state index in [2.05, 4.69) is 156 Å². The van der Waals surface area contributed by atoms with Crippen LogP contribution >= 0.6 is 0 Å². The Morgan fingerprint density at radius 1 is 0.420 bits per heavy atom. The Kier molecular flexibility index (Phi) is 5.92. The Labute approximate surface area is 291 Å². The number of hydrogen-bond acceptors (Lipinski definition) is 1. The first-order valence-corrected chi connectivity index (χ1v) is 18.1. The Balaban J connectivity index is 1.06. The van der Waals surface area contributed by atoms with Crippen molar-refractivity contribution >= 4 is 43.7 Å². The molecule has 0 amide bonds. The molecule has 0 unspecified atom stereocenters. The minimum Gasteiger partial charge on any atom is -0.456 e. The molecule has 2 aromatic heterocycles. The van der Waals surface area contributed by atoms with Crippen LogP contribution in [0.1, 0.15) is 43.2 Å². The monoisotopic (exact) mass is 641 g/mol. The van der Waals surface area contributed by atoms with E-state index in [1.807, 2.05) is 0 Å². The van der Waals surface area contributed by atoms with Crippen LogP contribution in [0.5, 0.6) is 0 Å². The summed E-state index contributed by atoms with van der Waals surface area (Å²) in [7, 11) is 0. The van der Waals surface area contributed by atoms with E-state index in [1.54, 1.807) is 0 Å². The topological polar surface area (TPSA) is 18.1 Å². The van der Waals surface area contributed by atoms with E-state index in [9.17, 15) is 0 Å². The van der Waals surface area contributed by atoms with Gasteiger partial charge in [0.2, 0.25) is 0 Å². The molecule has 0 saturated heterocycles. The van der Waals surface area contributed by atoms with Crippen molar-refractivity contribution in [3.8, 4) is 39.1 Å². The zero-order chi connectivity index (χ0) is 32.8. The van der Waals surface area contributed by atoms with Gasteiger partial charge in [-0.3, -0.25) is 0 Å². The summed E-state index contributed by atoms with van der Waals surface area (Å²) < 4.78 is 9.13. The van der Waals surface area contributed by atoms with Crippen molar-refractivity contribution in [2.45, 2.75) is 37.5 Å². The van der Waals surface area contributed by atoms with E-state index in [1.165, 1.54) is 104 Å². The molecular formula is C48H35NO. The summed E-state index contributed by atoms with van der Waals surface area (Å²) in [5.41, 5.74) is 16.2. The van der Waals surface area contributed by atoms with Crippen molar-refractivity contribution in [3.63, 3.8) is 0 Å². The fourth-order valence-corrected chi connectivity index (χ4v) is 9.48. The molecule has 1 saturated carbocycles.